The van der Waals surface area contributed by atoms with Crippen molar-refractivity contribution in [3.8, 4) is 0 Å². The number of sulfone groups is 1. The van der Waals surface area contributed by atoms with Crippen LogP contribution >= 0.6 is 12.4 Å². The van der Waals surface area contributed by atoms with Crippen molar-refractivity contribution in [1.29, 1.82) is 0 Å². The summed E-state index contributed by atoms with van der Waals surface area (Å²) in [6, 6.07) is -0.211. The normalized spacial score (nSPS) is 34.1. The van der Waals surface area contributed by atoms with Crippen LogP contribution in [0.15, 0.2) is 0 Å². The summed E-state index contributed by atoms with van der Waals surface area (Å²) in [5.74, 6) is 0.299. The van der Waals surface area contributed by atoms with Crippen molar-refractivity contribution in [2.75, 3.05) is 18.1 Å². The fraction of sp³-hybridized carbons (Fsp3) is 0.917. The highest BCUT2D eigenvalue weighted by molar-refractivity contribution is 7.91. The zero-order chi connectivity index (χ0) is 13.2. The predicted molar refractivity (Wildman–Crippen MR) is 77.3 cm³/mol. The Labute approximate surface area is 121 Å². The van der Waals surface area contributed by atoms with Crippen LogP contribution in [0.5, 0.6) is 0 Å². The van der Waals surface area contributed by atoms with Gasteiger partial charge in [-0.25, -0.2) is 8.42 Å². The summed E-state index contributed by atoms with van der Waals surface area (Å²) in [4.78, 5) is 12.2. The predicted octanol–water partition coefficient (Wildman–Crippen LogP) is 0.634. The molecule has 1 amide bonds. The van der Waals surface area contributed by atoms with Gasteiger partial charge in [0.2, 0.25) is 5.91 Å². The quantitative estimate of drug-likeness (QED) is 0.784. The number of piperidine rings is 1. The van der Waals surface area contributed by atoms with Crippen LogP contribution in [0.2, 0.25) is 0 Å². The Morgan fingerprint density at radius 3 is 2.63 bits per heavy atom. The fourth-order valence-electron chi connectivity index (χ4n) is 2.73. The van der Waals surface area contributed by atoms with E-state index in [1.807, 2.05) is 6.92 Å². The van der Waals surface area contributed by atoms with Gasteiger partial charge in [-0.05, 0) is 45.6 Å². The van der Waals surface area contributed by atoms with Crippen LogP contribution in [0, 0.1) is 0 Å². The first-order valence-electron chi connectivity index (χ1n) is 6.68. The fourth-order valence-corrected chi connectivity index (χ4v) is 4.37. The third kappa shape index (κ3) is 4.33. The summed E-state index contributed by atoms with van der Waals surface area (Å²) >= 11 is 0. The van der Waals surface area contributed by atoms with Gasteiger partial charge in [0.25, 0.3) is 0 Å². The van der Waals surface area contributed by atoms with E-state index < -0.39 is 15.4 Å². The molecule has 19 heavy (non-hydrogen) atoms. The molecule has 2 atom stereocenters. The molecule has 0 spiro atoms. The van der Waals surface area contributed by atoms with Gasteiger partial charge >= 0.3 is 0 Å². The average molecular weight is 311 g/mol. The zero-order valence-corrected chi connectivity index (χ0v) is 12.9. The molecule has 5 nitrogen and oxygen atoms in total. The first kappa shape index (κ1) is 16.7. The van der Waals surface area contributed by atoms with Gasteiger partial charge in [0.1, 0.15) is 0 Å². The van der Waals surface area contributed by atoms with E-state index >= 15 is 0 Å². The molecule has 0 radical (unpaired) electrons. The highest BCUT2D eigenvalue weighted by atomic mass is 35.5. The summed E-state index contributed by atoms with van der Waals surface area (Å²) < 4.78 is 23.1. The van der Waals surface area contributed by atoms with Crippen molar-refractivity contribution in [3.05, 3.63) is 0 Å². The molecule has 2 unspecified atom stereocenters. The zero-order valence-electron chi connectivity index (χ0n) is 11.3. The molecule has 2 aliphatic heterocycles. The molecule has 0 aromatic rings. The van der Waals surface area contributed by atoms with Gasteiger partial charge in [0, 0.05) is 6.04 Å². The summed E-state index contributed by atoms with van der Waals surface area (Å²) in [7, 11) is -2.96. The SMILES string of the molecule is CC1(C(=O)NC2CCCS(=O)(=O)C2)CCCCN1.Cl. The van der Waals surface area contributed by atoms with Gasteiger partial charge in [-0.15, -0.1) is 12.4 Å². The maximum absolute atomic E-state index is 12.2. The second kappa shape index (κ2) is 6.41. The molecule has 2 aliphatic rings. The minimum Gasteiger partial charge on any atom is -0.351 e. The molecule has 0 bridgehead atoms. The van der Waals surface area contributed by atoms with Crippen LogP contribution in [0.3, 0.4) is 0 Å². The molecule has 0 saturated carbocycles. The Balaban J connectivity index is 0.00000180. The number of rotatable bonds is 2. The molecule has 2 heterocycles. The van der Waals surface area contributed by atoms with E-state index in [1.165, 1.54) is 0 Å². The Morgan fingerprint density at radius 1 is 1.32 bits per heavy atom. The van der Waals surface area contributed by atoms with E-state index in [2.05, 4.69) is 10.6 Å². The van der Waals surface area contributed by atoms with Gasteiger partial charge in [0.15, 0.2) is 9.84 Å². The van der Waals surface area contributed by atoms with E-state index in [1.54, 1.807) is 0 Å². The minimum absolute atomic E-state index is 0. The number of halogens is 1. The van der Waals surface area contributed by atoms with E-state index in [9.17, 15) is 13.2 Å². The van der Waals surface area contributed by atoms with Crippen molar-refractivity contribution in [3.63, 3.8) is 0 Å². The molecule has 2 N–H and O–H groups in total. The topological polar surface area (TPSA) is 75.3 Å². The average Bonchev–Trinajstić information content (AvgIpc) is 2.28. The smallest absolute Gasteiger partial charge is 0.240 e. The lowest BCUT2D eigenvalue weighted by molar-refractivity contribution is -0.128. The largest absolute Gasteiger partial charge is 0.351 e. The third-order valence-electron chi connectivity index (χ3n) is 3.92. The van der Waals surface area contributed by atoms with Crippen LogP contribution in [0.25, 0.3) is 0 Å². The number of nitrogens with one attached hydrogen (secondary N) is 2. The lowest BCUT2D eigenvalue weighted by Gasteiger charge is -2.35. The van der Waals surface area contributed by atoms with E-state index in [0.29, 0.717) is 6.42 Å². The lowest BCUT2D eigenvalue weighted by Crippen LogP contribution is -2.59. The Hall–Kier alpha value is -0.330. The van der Waals surface area contributed by atoms with E-state index in [4.69, 9.17) is 0 Å². The molecular formula is C12H23ClN2O3S. The maximum atomic E-state index is 12.2. The Morgan fingerprint density at radius 2 is 2.05 bits per heavy atom. The second-order valence-electron chi connectivity index (χ2n) is 5.64. The van der Waals surface area contributed by atoms with E-state index in [-0.39, 0.29) is 35.9 Å². The molecule has 0 aromatic heterocycles. The van der Waals surface area contributed by atoms with Gasteiger partial charge in [-0.3, -0.25) is 4.79 Å². The molecule has 0 aromatic carbocycles. The molecular weight excluding hydrogens is 288 g/mol. The van der Waals surface area contributed by atoms with E-state index in [0.717, 1.165) is 32.2 Å². The number of hydrogen-bond donors (Lipinski definition) is 2. The number of carbonyl (C=O) groups excluding carboxylic acids is 1. The van der Waals surface area contributed by atoms with Gasteiger partial charge in [-0.1, -0.05) is 0 Å². The highest BCUT2D eigenvalue weighted by Crippen LogP contribution is 2.20. The third-order valence-corrected chi connectivity index (χ3v) is 5.74. The molecule has 7 heteroatoms. The van der Waals surface area contributed by atoms with Gasteiger partial charge in [-0.2, -0.15) is 0 Å². The van der Waals surface area contributed by atoms with Crippen LogP contribution in [0.4, 0.5) is 0 Å². The number of hydrogen-bond acceptors (Lipinski definition) is 4. The molecule has 2 rings (SSSR count). The number of carbonyl (C=O) groups is 1. The highest BCUT2D eigenvalue weighted by Gasteiger charge is 2.36. The van der Waals surface area contributed by atoms with Crippen LogP contribution in [-0.4, -0.2) is 44.0 Å². The van der Waals surface area contributed by atoms with Gasteiger partial charge in [0.05, 0.1) is 17.0 Å². The Bertz CT molecular complexity index is 419. The minimum atomic E-state index is -2.96. The lowest BCUT2D eigenvalue weighted by atomic mass is 9.89. The molecule has 0 aliphatic carbocycles. The van der Waals surface area contributed by atoms with Crippen molar-refractivity contribution in [1.82, 2.24) is 10.6 Å². The first-order chi connectivity index (χ1) is 8.41. The first-order valence-corrected chi connectivity index (χ1v) is 8.50. The van der Waals surface area contributed by atoms with Crippen molar-refractivity contribution in [2.45, 2.75) is 50.6 Å². The van der Waals surface area contributed by atoms with Crippen molar-refractivity contribution >= 4 is 28.2 Å². The monoisotopic (exact) mass is 310 g/mol. The maximum Gasteiger partial charge on any atom is 0.240 e. The second-order valence-corrected chi connectivity index (χ2v) is 7.87. The Kier molecular flexibility index (Phi) is 5.65. The van der Waals surface area contributed by atoms with Crippen molar-refractivity contribution in [2.24, 2.45) is 0 Å². The molecule has 112 valence electrons. The summed E-state index contributed by atoms with van der Waals surface area (Å²) in [5, 5.41) is 6.15. The van der Waals surface area contributed by atoms with Gasteiger partial charge < -0.3 is 10.6 Å². The van der Waals surface area contributed by atoms with Crippen LogP contribution in [-0.2, 0) is 14.6 Å². The van der Waals surface area contributed by atoms with Crippen molar-refractivity contribution < 1.29 is 13.2 Å². The summed E-state index contributed by atoms with van der Waals surface area (Å²) in [6.07, 6.45) is 4.37. The van der Waals surface area contributed by atoms with Crippen LogP contribution < -0.4 is 10.6 Å². The summed E-state index contributed by atoms with van der Waals surface area (Å²) in [5.41, 5.74) is -0.528. The summed E-state index contributed by atoms with van der Waals surface area (Å²) in [6.45, 7) is 2.76. The van der Waals surface area contributed by atoms with Crippen LogP contribution in [0.1, 0.15) is 39.0 Å². The molecule has 2 fully saturated rings. The molecule has 2 saturated heterocycles. The standard InChI is InChI=1S/C12H22N2O3S.ClH/c1-12(6-2-3-7-13-12)11(15)14-10-5-4-8-18(16,17)9-10;/h10,13H,2-9H2,1H3,(H,14,15);1H. The number of amides is 1.